The predicted octanol–water partition coefficient (Wildman–Crippen LogP) is 5.52. The summed E-state index contributed by atoms with van der Waals surface area (Å²) in [6, 6.07) is 32.3. The topological polar surface area (TPSA) is 161 Å². The molecule has 0 aromatic heterocycles. The van der Waals surface area contributed by atoms with Gasteiger partial charge in [0.05, 0.1) is 22.3 Å². The van der Waals surface area contributed by atoms with E-state index in [1.807, 2.05) is 0 Å². The third kappa shape index (κ3) is 10.3. The van der Waals surface area contributed by atoms with Crippen molar-refractivity contribution in [3.8, 4) is 0 Å². The highest BCUT2D eigenvalue weighted by molar-refractivity contribution is 5.91. The molecule has 0 spiro atoms. The second-order valence-corrected chi connectivity index (χ2v) is 11.4. The van der Waals surface area contributed by atoms with Gasteiger partial charge in [0.2, 0.25) is 0 Å². The molecule has 0 aliphatic carbocycles. The van der Waals surface area contributed by atoms with Gasteiger partial charge < -0.3 is 33.5 Å². The molecule has 4 aromatic carbocycles. The normalized spacial score (nSPS) is 19.6. The van der Waals surface area contributed by atoms with E-state index in [0.29, 0.717) is 6.42 Å². The second kappa shape index (κ2) is 18.2. The molecule has 0 amide bonds. The Balaban J connectivity index is 1.52. The van der Waals surface area contributed by atoms with Gasteiger partial charge in [-0.3, -0.25) is 4.79 Å². The molecular formula is C39H36O12. The Morgan fingerprint density at radius 3 is 1.39 bits per heavy atom. The van der Waals surface area contributed by atoms with Crippen LogP contribution in [0.5, 0.6) is 0 Å². The van der Waals surface area contributed by atoms with Crippen molar-refractivity contribution in [3.63, 3.8) is 0 Å². The largest absolute Gasteiger partial charge is 0.481 e. The maximum absolute atomic E-state index is 13.6. The number of ether oxygens (including phenoxy) is 6. The number of hydrogen-bond acceptors (Lipinski definition) is 11. The smallest absolute Gasteiger partial charge is 0.338 e. The summed E-state index contributed by atoms with van der Waals surface area (Å²) in [6.45, 7) is -0.528. The molecular weight excluding hydrogens is 660 g/mol. The molecule has 12 nitrogen and oxygen atoms in total. The summed E-state index contributed by atoms with van der Waals surface area (Å²) in [4.78, 5) is 64.7. The number of hydrogen-bond donors (Lipinski definition) is 1. The maximum Gasteiger partial charge on any atom is 0.338 e. The molecule has 1 aliphatic heterocycles. The first kappa shape index (κ1) is 36.4. The summed E-state index contributed by atoms with van der Waals surface area (Å²) < 4.78 is 35.8. The standard InChI is InChI=1S/C39H36O12/c40-31(41)23-13-14-24-46-39-34(51-38(45)29-21-11-4-12-22-29)33(50-37(44)28-19-9-3-10-20-28)32(49-36(43)27-17-7-2-8-18-27)30(48-39)25-47-35(42)26-15-5-1-6-16-26/h1-12,15-22,30,32-34,39H,13-14,23-25H2,(H,40,41)/t30?,32-,33-,34?,39+/m1/s1. The van der Waals surface area contributed by atoms with Crippen LogP contribution in [-0.2, 0) is 33.2 Å². The van der Waals surface area contributed by atoms with Gasteiger partial charge in [-0.15, -0.1) is 0 Å². The van der Waals surface area contributed by atoms with Crippen LogP contribution in [0.15, 0.2) is 121 Å². The highest BCUT2D eigenvalue weighted by Gasteiger charge is 2.53. The molecule has 0 radical (unpaired) electrons. The molecule has 1 N–H and O–H groups in total. The third-order valence-corrected chi connectivity index (χ3v) is 7.80. The van der Waals surface area contributed by atoms with Crippen molar-refractivity contribution in [2.24, 2.45) is 0 Å². The van der Waals surface area contributed by atoms with Crippen molar-refractivity contribution in [1.29, 1.82) is 0 Å². The lowest BCUT2D eigenvalue weighted by atomic mass is 9.97. The molecule has 12 heteroatoms. The fourth-order valence-electron chi connectivity index (χ4n) is 5.24. The fraction of sp³-hybridized carbons (Fsp3) is 0.256. The van der Waals surface area contributed by atoms with Gasteiger partial charge in [0.1, 0.15) is 12.7 Å². The third-order valence-electron chi connectivity index (χ3n) is 7.80. The number of carboxylic acids is 1. The molecule has 0 saturated carbocycles. The quantitative estimate of drug-likeness (QED) is 0.0944. The molecule has 51 heavy (non-hydrogen) atoms. The molecule has 5 atom stereocenters. The van der Waals surface area contributed by atoms with E-state index in [2.05, 4.69) is 0 Å². The predicted molar refractivity (Wildman–Crippen MR) is 180 cm³/mol. The molecule has 1 fully saturated rings. The Labute approximate surface area is 293 Å². The van der Waals surface area contributed by atoms with E-state index in [9.17, 15) is 24.0 Å². The van der Waals surface area contributed by atoms with Crippen LogP contribution in [0.3, 0.4) is 0 Å². The van der Waals surface area contributed by atoms with Crippen LogP contribution < -0.4 is 0 Å². The highest BCUT2D eigenvalue weighted by Crippen LogP contribution is 2.32. The summed E-state index contributed by atoms with van der Waals surface area (Å²) >= 11 is 0. The Morgan fingerprint density at radius 2 is 0.941 bits per heavy atom. The lowest BCUT2D eigenvalue weighted by molar-refractivity contribution is -0.298. The van der Waals surface area contributed by atoms with Crippen molar-refractivity contribution in [2.75, 3.05) is 13.2 Å². The van der Waals surface area contributed by atoms with Gasteiger partial charge in [0.15, 0.2) is 24.6 Å². The Bertz CT molecular complexity index is 1750. The number of aliphatic carboxylic acids is 1. The van der Waals surface area contributed by atoms with Crippen LogP contribution in [0.4, 0.5) is 0 Å². The van der Waals surface area contributed by atoms with Crippen LogP contribution in [0.2, 0.25) is 0 Å². The molecule has 1 saturated heterocycles. The number of rotatable bonds is 15. The van der Waals surface area contributed by atoms with E-state index < -0.39 is 67.2 Å². The lowest BCUT2D eigenvalue weighted by Crippen LogP contribution is -2.63. The Morgan fingerprint density at radius 1 is 0.529 bits per heavy atom. The van der Waals surface area contributed by atoms with E-state index in [4.69, 9.17) is 33.5 Å². The number of unbranched alkanes of at least 4 members (excludes halogenated alkanes) is 1. The zero-order valence-corrected chi connectivity index (χ0v) is 27.4. The first-order chi connectivity index (χ1) is 24.8. The van der Waals surface area contributed by atoms with E-state index in [1.54, 1.807) is 84.9 Å². The van der Waals surface area contributed by atoms with Gasteiger partial charge in [-0.2, -0.15) is 0 Å². The monoisotopic (exact) mass is 696 g/mol. The fourth-order valence-corrected chi connectivity index (χ4v) is 5.24. The second-order valence-electron chi connectivity index (χ2n) is 11.4. The van der Waals surface area contributed by atoms with E-state index in [0.717, 1.165) is 0 Å². The summed E-state index contributed by atoms with van der Waals surface area (Å²) in [5.74, 6) is -4.13. The van der Waals surface area contributed by atoms with Crippen molar-refractivity contribution < 1.29 is 57.5 Å². The van der Waals surface area contributed by atoms with Gasteiger partial charge >= 0.3 is 29.8 Å². The van der Waals surface area contributed by atoms with E-state index in [1.165, 1.54) is 36.4 Å². The minimum Gasteiger partial charge on any atom is -0.481 e. The van der Waals surface area contributed by atoms with E-state index >= 15 is 0 Å². The van der Waals surface area contributed by atoms with Gasteiger partial charge in [-0.05, 0) is 61.4 Å². The zero-order valence-electron chi connectivity index (χ0n) is 27.4. The van der Waals surface area contributed by atoms with E-state index in [-0.39, 0.29) is 41.7 Å². The summed E-state index contributed by atoms with van der Waals surface area (Å²) in [7, 11) is 0. The van der Waals surface area contributed by atoms with Crippen LogP contribution in [0.1, 0.15) is 60.7 Å². The first-order valence-electron chi connectivity index (χ1n) is 16.3. The molecule has 264 valence electrons. The minimum absolute atomic E-state index is 0.0400. The van der Waals surface area contributed by atoms with Gasteiger partial charge in [0, 0.05) is 13.0 Å². The van der Waals surface area contributed by atoms with Crippen molar-refractivity contribution >= 4 is 29.8 Å². The van der Waals surface area contributed by atoms with Crippen LogP contribution >= 0.6 is 0 Å². The van der Waals surface area contributed by atoms with Crippen LogP contribution in [-0.4, -0.2) is 78.9 Å². The molecule has 1 aliphatic rings. The number of carboxylic acid groups (broad SMARTS) is 1. The summed E-state index contributed by atoms with van der Waals surface area (Å²) in [5, 5.41) is 9.07. The maximum atomic E-state index is 13.6. The lowest BCUT2D eigenvalue weighted by Gasteiger charge is -2.44. The summed E-state index contributed by atoms with van der Waals surface area (Å²) in [6.07, 6.45) is -6.82. The number of esters is 4. The van der Waals surface area contributed by atoms with Crippen LogP contribution in [0.25, 0.3) is 0 Å². The SMILES string of the molecule is O=C(O)CCCCO[C@H]1OC(COC(=O)c2ccccc2)[C@@H](OC(=O)c2ccccc2)[C@@H](OC(=O)c2ccccc2)C1OC(=O)c1ccccc1. The minimum atomic E-state index is -1.55. The molecule has 4 aromatic rings. The average molecular weight is 697 g/mol. The van der Waals surface area contributed by atoms with Crippen molar-refractivity contribution in [2.45, 2.75) is 50.0 Å². The number of benzene rings is 4. The molecule has 5 rings (SSSR count). The molecule has 2 unspecified atom stereocenters. The summed E-state index contributed by atoms with van der Waals surface area (Å²) in [5.41, 5.74) is 0.741. The number of carbonyl (C=O) groups excluding carboxylic acids is 4. The average Bonchev–Trinajstić information content (AvgIpc) is 3.16. The molecule has 0 bridgehead atoms. The van der Waals surface area contributed by atoms with Crippen molar-refractivity contribution in [1.82, 2.24) is 0 Å². The first-order valence-corrected chi connectivity index (χ1v) is 16.3. The number of carbonyl (C=O) groups is 5. The van der Waals surface area contributed by atoms with Gasteiger partial charge in [-0.25, -0.2) is 19.2 Å². The molecule has 1 heterocycles. The van der Waals surface area contributed by atoms with Crippen LogP contribution in [0, 0.1) is 0 Å². The zero-order chi connectivity index (χ0) is 36.0. The van der Waals surface area contributed by atoms with Gasteiger partial charge in [0.25, 0.3) is 0 Å². The van der Waals surface area contributed by atoms with Crippen molar-refractivity contribution in [3.05, 3.63) is 144 Å². The Kier molecular flexibility index (Phi) is 13.0. The Hall–Kier alpha value is -5.85. The van der Waals surface area contributed by atoms with Gasteiger partial charge in [-0.1, -0.05) is 72.8 Å². The highest BCUT2D eigenvalue weighted by atomic mass is 16.7.